The molecule has 0 bridgehead atoms. The second-order valence-electron chi connectivity index (χ2n) is 8.47. The minimum atomic E-state index is -4.94. The second kappa shape index (κ2) is 30.7. The maximum absolute atomic E-state index is 11.9. The van der Waals surface area contributed by atoms with Crippen LogP contribution in [-0.2, 0) is 43.2 Å². The molecule has 2 aromatic carbocycles. The minimum Gasteiger partial charge on any atom is -0.872 e. The van der Waals surface area contributed by atoms with Crippen molar-refractivity contribution in [3.63, 3.8) is 0 Å². The fourth-order valence-corrected chi connectivity index (χ4v) is 7.08. The van der Waals surface area contributed by atoms with E-state index in [0.29, 0.717) is 26.2 Å². The minimum absolute atomic E-state index is 0. The summed E-state index contributed by atoms with van der Waals surface area (Å²) in [7, 11) is -4.94. The van der Waals surface area contributed by atoms with Gasteiger partial charge in [0.1, 0.15) is 0 Å². The third-order valence-electron chi connectivity index (χ3n) is 4.87. The average Bonchev–Trinajstić information content (AvgIpc) is 2.98. The Kier molecular flexibility index (Phi) is 33.0. The monoisotopic (exact) mass is 1320 g/mol. The molecular formula is C28H24Cl7FeI4N4O6+2. The Hall–Kier alpha value is 1.57. The topological polar surface area (TPSA) is 188 Å². The van der Waals surface area contributed by atoms with Crippen molar-refractivity contribution in [2.24, 2.45) is 0 Å². The molecule has 0 aliphatic rings. The fraction of sp³-hybridized carbons (Fsp3) is 0.214. The molecule has 22 heteroatoms. The molecule has 4 rings (SSSR count). The number of nitrogens with one attached hydrogen (secondary N) is 2. The van der Waals surface area contributed by atoms with E-state index in [9.17, 15) is 10.2 Å². The third-order valence-corrected chi connectivity index (χ3v) is 7.71. The smallest absolute Gasteiger partial charge is 0.872 e. The van der Waals surface area contributed by atoms with Crippen LogP contribution in [0.1, 0.15) is 22.5 Å². The Labute approximate surface area is 387 Å². The van der Waals surface area contributed by atoms with Crippen molar-refractivity contribution in [1.82, 2.24) is 20.6 Å². The quantitative estimate of drug-likeness (QED) is 0.144. The average molecular weight is 1320 g/mol. The zero-order valence-corrected chi connectivity index (χ0v) is 39.8. The Balaban J connectivity index is 0. The standard InChI is InChI=1S/2C13H12I2N2O.2CHCl3.ClHO4.Fe/c2*14-10-5-9(13(18)12(15)6-10)7-16-8-11-3-1-2-4-17-11;2*2-1(3)4;2-1(3,4)5;/h2*1-6,16,18H,7-8H2;2*1H;(H,2,3,4,5);/q;;;;;+5/p-3. The summed E-state index contributed by atoms with van der Waals surface area (Å²) in [4.78, 5) is 8.45. The van der Waals surface area contributed by atoms with Gasteiger partial charge in [0.2, 0.25) is 0 Å². The Morgan fingerprint density at radius 2 is 0.880 bits per heavy atom. The molecule has 0 aliphatic heterocycles. The van der Waals surface area contributed by atoms with Crippen LogP contribution in [0.5, 0.6) is 11.5 Å². The molecule has 2 heterocycles. The van der Waals surface area contributed by atoms with Crippen LogP contribution in [-0.4, -0.2) is 18.6 Å². The number of nitrogens with zero attached hydrogens (tertiary/aromatic N) is 2. The van der Waals surface area contributed by atoms with Crippen molar-refractivity contribution >= 4 is 160 Å². The second-order valence-corrected chi connectivity index (χ2v) is 18.0. The summed E-state index contributed by atoms with van der Waals surface area (Å²) >= 11 is 37.5. The molecule has 0 saturated carbocycles. The Morgan fingerprint density at radius 1 is 0.580 bits per heavy atom. The van der Waals surface area contributed by atoms with Crippen molar-refractivity contribution in [2.45, 2.75) is 34.8 Å². The molecule has 0 aliphatic carbocycles. The first-order valence-electron chi connectivity index (χ1n) is 12.8. The van der Waals surface area contributed by atoms with Gasteiger partial charge in [-0.25, -0.2) is 18.6 Å². The van der Waals surface area contributed by atoms with Gasteiger partial charge in [0.25, 0.3) is 0 Å². The first kappa shape index (κ1) is 53.7. The van der Waals surface area contributed by atoms with E-state index in [0.717, 1.165) is 36.8 Å². The predicted molar refractivity (Wildman–Crippen MR) is 215 cm³/mol. The van der Waals surface area contributed by atoms with E-state index in [4.69, 9.17) is 88.2 Å². The summed E-state index contributed by atoms with van der Waals surface area (Å²) in [5.74, 6) is 0.231. The molecule has 0 amide bonds. The van der Waals surface area contributed by atoms with Crippen molar-refractivity contribution in [3.8, 4) is 11.5 Å². The third kappa shape index (κ3) is 30.8. The van der Waals surface area contributed by atoms with Crippen LogP contribution >= 0.6 is 160 Å². The van der Waals surface area contributed by atoms with Gasteiger partial charge in [-0.2, -0.15) is 0 Å². The fourth-order valence-electron chi connectivity index (χ4n) is 3.15. The molecule has 275 valence electrons. The number of aromatic nitrogens is 2. The summed E-state index contributed by atoms with van der Waals surface area (Å²) in [6.07, 6.45) is 3.54. The largest absolute Gasteiger partial charge is 5.00 e. The van der Waals surface area contributed by atoms with E-state index >= 15 is 0 Å². The van der Waals surface area contributed by atoms with Gasteiger partial charge < -0.3 is 20.8 Å². The maximum atomic E-state index is 11.9. The molecule has 0 saturated heterocycles. The van der Waals surface area contributed by atoms with Crippen LogP contribution in [0.4, 0.5) is 0 Å². The van der Waals surface area contributed by atoms with Gasteiger partial charge in [0.15, 0.2) is 8.59 Å². The molecule has 1 radical (unpaired) electrons. The summed E-state index contributed by atoms with van der Waals surface area (Å²) in [5, 5.41) is 30.3. The van der Waals surface area contributed by atoms with E-state index in [1.807, 2.05) is 60.7 Å². The van der Waals surface area contributed by atoms with E-state index in [-0.39, 0.29) is 28.6 Å². The van der Waals surface area contributed by atoms with Gasteiger partial charge in [-0.3, -0.25) is 9.97 Å². The SMILES string of the molecule is ClC(Cl)Cl.ClC(Cl)Cl.[Fe+5].[O-][Cl+3]([O-])([O-])[O-].[O-]c1c(I)cc(I)cc1CNCc1ccccn1.[O-]c1c(I)cc(I)cc1CNCc1ccccn1. The normalized spacial score (nSPS) is 10.2. The number of hydrogen-bond donors (Lipinski definition) is 2. The molecule has 0 spiro atoms. The van der Waals surface area contributed by atoms with Crippen molar-refractivity contribution in [1.29, 1.82) is 0 Å². The van der Waals surface area contributed by atoms with E-state index in [1.54, 1.807) is 12.4 Å². The van der Waals surface area contributed by atoms with Crippen LogP contribution in [0.3, 0.4) is 0 Å². The van der Waals surface area contributed by atoms with Gasteiger partial charge in [-0.15, -0.1) is 10.2 Å². The maximum Gasteiger partial charge on any atom is 5.00 e. The van der Waals surface area contributed by atoms with Crippen LogP contribution in [0, 0.1) is 24.5 Å². The summed E-state index contributed by atoms with van der Waals surface area (Å²) in [5.41, 5.74) is 3.57. The zero-order chi connectivity index (χ0) is 37.6. The van der Waals surface area contributed by atoms with Crippen molar-refractivity contribution in [2.75, 3.05) is 0 Å². The van der Waals surface area contributed by atoms with Crippen LogP contribution in [0.15, 0.2) is 73.1 Å². The molecule has 2 N–H and O–H groups in total. The first-order valence-corrected chi connectivity index (χ1v) is 20.9. The van der Waals surface area contributed by atoms with Gasteiger partial charge in [-0.05, 0) is 150 Å². The molecule has 0 unspecified atom stereocenters. The van der Waals surface area contributed by atoms with Gasteiger partial charge in [-0.1, -0.05) is 93.2 Å². The molecule has 0 fully saturated rings. The molecule has 4 aromatic rings. The number of benzene rings is 2. The summed E-state index contributed by atoms with van der Waals surface area (Å²) in [6.45, 7) is 2.48. The van der Waals surface area contributed by atoms with Crippen molar-refractivity contribution in [3.05, 3.63) is 110 Å². The molecule has 0 atom stereocenters. The number of halogens is 11. The predicted octanol–water partition coefficient (Wildman–Crippen LogP) is 4.52. The molecule has 10 nitrogen and oxygen atoms in total. The van der Waals surface area contributed by atoms with E-state index in [2.05, 4.69) is 111 Å². The number of rotatable bonds is 8. The van der Waals surface area contributed by atoms with Crippen LogP contribution < -0.4 is 39.5 Å². The number of alkyl halides is 6. The molecule has 50 heavy (non-hydrogen) atoms. The molecular weight excluding hydrogens is 1300 g/mol. The Bertz CT molecular complexity index is 1380. The Morgan fingerprint density at radius 3 is 1.14 bits per heavy atom. The van der Waals surface area contributed by atoms with Gasteiger partial charge >= 0.3 is 17.1 Å². The first-order chi connectivity index (χ1) is 22.8. The van der Waals surface area contributed by atoms with Crippen LogP contribution in [0.25, 0.3) is 0 Å². The van der Waals surface area contributed by atoms with Gasteiger partial charge in [0, 0.05) is 52.9 Å². The van der Waals surface area contributed by atoms with E-state index in [1.165, 1.54) is 0 Å². The zero-order valence-electron chi connectivity index (χ0n) is 24.8. The van der Waals surface area contributed by atoms with E-state index < -0.39 is 18.8 Å². The summed E-state index contributed by atoms with van der Waals surface area (Å²) in [6, 6.07) is 19.3. The number of pyridine rings is 2. The van der Waals surface area contributed by atoms with Crippen LogP contribution in [0.2, 0.25) is 0 Å². The van der Waals surface area contributed by atoms with Crippen molar-refractivity contribution < 1.29 is 56.2 Å². The molecule has 2 aromatic heterocycles. The number of hydrogen-bond acceptors (Lipinski definition) is 10. The summed E-state index contributed by atoms with van der Waals surface area (Å²) < 4.78 is 36.2. The van der Waals surface area contributed by atoms with Gasteiger partial charge in [0.05, 0.1) is 11.4 Å².